The van der Waals surface area contributed by atoms with Gasteiger partial charge in [-0.1, -0.05) is 60.7 Å². The average Bonchev–Trinajstić information content (AvgIpc) is 3.54. The van der Waals surface area contributed by atoms with Crippen LogP contribution in [0.25, 0.3) is 16.3 Å². The number of carbonyl (C=O) groups excluding carboxylic acids is 1. The van der Waals surface area contributed by atoms with Gasteiger partial charge in [-0.05, 0) is 74.5 Å². The van der Waals surface area contributed by atoms with Gasteiger partial charge in [-0.2, -0.15) is 0 Å². The maximum Gasteiger partial charge on any atom is 0.321 e. The summed E-state index contributed by atoms with van der Waals surface area (Å²) in [7, 11) is 0. The van der Waals surface area contributed by atoms with Crippen LogP contribution in [0.2, 0.25) is 10.0 Å². The minimum absolute atomic E-state index is 0.0466. The minimum Gasteiger partial charge on any atom is -0.337 e. The summed E-state index contributed by atoms with van der Waals surface area (Å²) < 4.78 is 1.21. The molecule has 0 unspecified atom stereocenters. The summed E-state index contributed by atoms with van der Waals surface area (Å²) in [6.45, 7) is 4.39. The maximum atomic E-state index is 13.5. The van der Waals surface area contributed by atoms with Crippen molar-refractivity contribution in [3.8, 4) is 0 Å². The highest BCUT2D eigenvalue weighted by atomic mass is 35.5. The first-order valence-corrected chi connectivity index (χ1v) is 15.4. The van der Waals surface area contributed by atoms with Gasteiger partial charge in [0.15, 0.2) is 0 Å². The fraction of sp³-hybridized carbons (Fsp3) is 0.467. The van der Waals surface area contributed by atoms with Crippen molar-refractivity contribution in [1.82, 2.24) is 15.2 Å². The number of piperidine rings is 1. The van der Waals surface area contributed by atoms with E-state index in [0.29, 0.717) is 16.0 Å². The van der Waals surface area contributed by atoms with E-state index < -0.39 is 0 Å². The second-order valence-corrected chi connectivity index (χ2v) is 12.8. The van der Waals surface area contributed by atoms with Crippen LogP contribution in [0.3, 0.4) is 0 Å². The smallest absolute Gasteiger partial charge is 0.321 e. The fourth-order valence-corrected chi connectivity index (χ4v) is 7.55. The average molecular weight is 570 g/mol. The molecule has 3 heterocycles. The number of benzene rings is 2. The van der Waals surface area contributed by atoms with E-state index in [1.165, 1.54) is 42.4 Å². The van der Waals surface area contributed by atoms with Crippen LogP contribution in [0.4, 0.5) is 10.5 Å². The molecule has 38 heavy (non-hydrogen) atoms. The van der Waals surface area contributed by atoms with Crippen LogP contribution >= 0.6 is 34.5 Å². The predicted octanol–water partition coefficient (Wildman–Crippen LogP) is 7.76. The maximum absolute atomic E-state index is 13.5. The summed E-state index contributed by atoms with van der Waals surface area (Å²) in [6.07, 6.45) is 12.7. The molecule has 1 aromatic heterocycles. The zero-order valence-corrected chi connectivity index (χ0v) is 23.9. The highest BCUT2D eigenvalue weighted by molar-refractivity contribution is 7.16. The van der Waals surface area contributed by atoms with E-state index in [0.717, 1.165) is 62.3 Å². The molecule has 3 aromatic rings. The number of fused-ring (bicyclic) bond motifs is 4. The largest absolute Gasteiger partial charge is 0.337 e. The number of amides is 2. The zero-order valence-electron chi connectivity index (χ0n) is 21.6. The van der Waals surface area contributed by atoms with Crippen LogP contribution in [0.15, 0.2) is 41.9 Å². The summed E-state index contributed by atoms with van der Waals surface area (Å²) >= 11 is 13.9. The summed E-state index contributed by atoms with van der Waals surface area (Å²) in [6, 6.07) is 10.1. The van der Waals surface area contributed by atoms with Gasteiger partial charge in [0.25, 0.3) is 0 Å². The number of aromatic nitrogens is 1. The molecule has 1 N–H and O–H groups in total. The number of thiazole rings is 1. The third-order valence-electron chi connectivity index (χ3n) is 8.70. The van der Waals surface area contributed by atoms with Crippen LogP contribution in [0.5, 0.6) is 0 Å². The monoisotopic (exact) mass is 568 g/mol. The molecule has 200 valence electrons. The number of hydrogen-bond donors (Lipinski definition) is 1. The molecule has 5 nitrogen and oxygen atoms in total. The molecule has 1 spiro atoms. The van der Waals surface area contributed by atoms with E-state index >= 15 is 0 Å². The molecule has 1 aliphatic carbocycles. The molecular formula is C30H34Cl2N4OS. The van der Waals surface area contributed by atoms with Gasteiger partial charge in [0.2, 0.25) is 0 Å². The van der Waals surface area contributed by atoms with E-state index in [4.69, 9.17) is 28.2 Å². The molecular weight excluding hydrogens is 535 g/mol. The highest BCUT2D eigenvalue weighted by Gasteiger charge is 2.48. The van der Waals surface area contributed by atoms with Crippen molar-refractivity contribution in [2.75, 3.05) is 37.6 Å². The lowest BCUT2D eigenvalue weighted by Gasteiger charge is -2.39. The highest BCUT2D eigenvalue weighted by Crippen LogP contribution is 2.50. The second kappa shape index (κ2) is 11.2. The van der Waals surface area contributed by atoms with Gasteiger partial charge in [-0.3, -0.25) is 9.80 Å². The fourth-order valence-electron chi connectivity index (χ4n) is 6.56. The van der Waals surface area contributed by atoms with Gasteiger partial charge in [-0.25, -0.2) is 9.78 Å². The molecule has 3 aliphatic rings. The summed E-state index contributed by atoms with van der Waals surface area (Å²) in [5.74, 6) is 0.616. The molecule has 8 heteroatoms. The van der Waals surface area contributed by atoms with Gasteiger partial charge >= 0.3 is 6.03 Å². The van der Waals surface area contributed by atoms with E-state index in [2.05, 4.69) is 34.5 Å². The first-order chi connectivity index (χ1) is 18.5. The van der Waals surface area contributed by atoms with Crippen LogP contribution < -0.4 is 10.2 Å². The van der Waals surface area contributed by atoms with Crippen molar-refractivity contribution < 1.29 is 4.79 Å². The number of hydrogen-bond acceptors (Lipinski definition) is 4. The molecule has 1 saturated carbocycles. The second-order valence-electron chi connectivity index (χ2n) is 11.1. The first-order valence-electron chi connectivity index (χ1n) is 13.8. The molecule has 0 bridgehead atoms. The van der Waals surface area contributed by atoms with E-state index in [1.54, 1.807) is 11.3 Å². The topological polar surface area (TPSA) is 48.5 Å². The van der Waals surface area contributed by atoms with Crippen LogP contribution in [0, 0.1) is 5.92 Å². The van der Waals surface area contributed by atoms with Crippen molar-refractivity contribution >= 4 is 62.5 Å². The van der Waals surface area contributed by atoms with Crippen molar-refractivity contribution in [1.29, 1.82) is 0 Å². The lowest BCUT2D eigenvalue weighted by molar-refractivity contribution is 0.180. The number of carbonyl (C=O) groups is 1. The van der Waals surface area contributed by atoms with Crippen molar-refractivity contribution in [2.45, 2.75) is 50.4 Å². The van der Waals surface area contributed by atoms with Gasteiger partial charge < -0.3 is 5.32 Å². The van der Waals surface area contributed by atoms with E-state index in [1.807, 2.05) is 28.6 Å². The quantitative estimate of drug-likeness (QED) is 0.342. The Kier molecular flexibility index (Phi) is 7.68. The SMILES string of the molecule is O=C(NCC1CCCCC1)N1CC2(CCN(C/C=C/c3ccc(Cl)c(Cl)c3)CC2)c2c1ccc1scnc21. The Morgan fingerprint density at radius 3 is 2.71 bits per heavy atom. The minimum atomic E-state index is -0.0466. The van der Waals surface area contributed by atoms with Crippen LogP contribution in [-0.4, -0.2) is 48.6 Å². The number of nitrogens with zero attached hydrogens (tertiary/aromatic N) is 3. The molecule has 2 amide bonds. The molecule has 6 rings (SSSR count). The third-order valence-corrected chi connectivity index (χ3v) is 10.2. The van der Waals surface area contributed by atoms with Crippen molar-refractivity contribution in [2.24, 2.45) is 5.92 Å². The van der Waals surface area contributed by atoms with Gasteiger partial charge in [-0.15, -0.1) is 11.3 Å². The number of likely N-dealkylation sites (tertiary alicyclic amines) is 1. The van der Waals surface area contributed by atoms with E-state index in [9.17, 15) is 4.79 Å². The summed E-state index contributed by atoms with van der Waals surface area (Å²) in [5, 5.41) is 4.45. The number of anilines is 1. The number of halogens is 2. The normalized spacial score (nSPS) is 20.0. The van der Waals surface area contributed by atoms with Gasteiger partial charge in [0.1, 0.15) is 0 Å². The Morgan fingerprint density at radius 1 is 1.11 bits per heavy atom. The Morgan fingerprint density at radius 2 is 1.92 bits per heavy atom. The number of urea groups is 1. The lowest BCUT2D eigenvalue weighted by Crippen LogP contribution is -2.48. The molecule has 2 aliphatic heterocycles. The molecule has 2 aromatic carbocycles. The van der Waals surface area contributed by atoms with Gasteiger partial charge in [0, 0.05) is 30.6 Å². The van der Waals surface area contributed by atoms with Crippen molar-refractivity contribution in [3.05, 3.63) is 63.1 Å². The molecule has 1 saturated heterocycles. The first kappa shape index (κ1) is 26.1. The van der Waals surface area contributed by atoms with Crippen LogP contribution in [0.1, 0.15) is 56.1 Å². The molecule has 0 radical (unpaired) electrons. The van der Waals surface area contributed by atoms with Gasteiger partial charge in [0.05, 0.1) is 31.5 Å². The Bertz CT molecular complexity index is 1340. The number of nitrogens with one attached hydrogen (secondary N) is 1. The molecule has 0 atom stereocenters. The Hall–Kier alpha value is -2.12. The third kappa shape index (κ3) is 5.21. The van der Waals surface area contributed by atoms with Crippen molar-refractivity contribution in [3.63, 3.8) is 0 Å². The summed E-state index contributed by atoms with van der Waals surface area (Å²) in [5.41, 5.74) is 6.37. The summed E-state index contributed by atoms with van der Waals surface area (Å²) in [4.78, 5) is 22.8. The Labute approximate surface area is 238 Å². The van der Waals surface area contributed by atoms with Crippen LogP contribution in [-0.2, 0) is 5.41 Å². The van der Waals surface area contributed by atoms with E-state index in [-0.39, 0.29) is 11.4 Å². The predicted molar refractivity (Wildman–Crippen MR) is 160 cm³/mol. The zero-order chi connectivity index (χ0) is 26.1. The molecule has 2 fully saturated rings. The standard InChI is InChI=1S/C30H34Cl2N4OS/c31-23-9-8-21(17-24(23)32)7-4-14-35-15-12-30(13-16-35)19-36(29(37)33-18-22-5-2-1-3-6-22)25-10-11-26-28(27(25)30)34-20-38-26/h4,7-11,17,20,22H,1-3,5-6,12-16,18-19H2,(H,33,37)/b7-4+. The lowest BCUT2D eigenvalue weighted by atomic mass is 9.74. The number of rotatable bonds is 5. The Balaban J connectivity index is 1.16.